The number of fused-ring (bicyclic) bond motifs is 3. The number of Topliss-reactive ketones (excluding diaryl/α,β-unsaturated/α-hetero) is 4. The Bertz CT molecular complexity index is 1260. The fraction of sp³-hybridized carbons (Fsp3) is 0.607. The summed E-state index contributed by atoms with van der Waals surface area (Å²) in [5.74, 6) is -10.0. The van der Waals surface area contributed by atoms with E-state index in [1.165, 1.54) is 4.90 Å². The number of likely N-dealkylation sites (N-methyl/N-ethyl adjacent to an activating group) is 1. The van der Waals surface area contributed by atoms with E-state index in [4.69, 9.17) is 5.73 Å². The minimum atomic E-state index is -2.73. The number of ketones is 4. The summed E-state index contributed by atoms with van der Waals surface area (Å²) in [6, 6.07) is 0.701. The molecule has 2 fully saturated rings. The predicted molar refractivity (Wildman–Crippen MR) is 142 cm³/mol. The average Bonchev–Trinajstić information content (AvgIpc) is 2.81. The van der Waals surface area contributed by atoms with Crippen LogP contribution in [0.15, 0.2) is 6.07 Å². The molecule has 0 aliphatic heterocycles. The Morgan fingerprint density at radius 3 is 2.33 bits per heavy atom. The number of aliphatic hydroxyl groups is 1. The number of anilines is 1. The number of nitrogens with one attached hydrogen (secondary N) is 1. The van der Waals surface area contributed by atoms with Crippen molar-refractivity contribution in [3.63, 3.8) is 0 Å². The standard InChI is InChI=1S/C28H38N4O7/c1-12(2)10-30-11-14-9-17(31(3)4)15-7-13-8-16-21(32(5)6)24(35)20(27(29)38)26(37)28(16,39)25(36)18(13)23(34)19(15)22(14)33/h9,12-13,16,18,20-21,30,33,39H,7-8,10-11H2,1-6H3,(H2,29,38)/t13-,16-,18?,20?,21+,28-/m0/s1. The Morgan fingerprint density at radius 2 is 1.79 bits per heavy atom. The van der Waals surface area contributed by atoms with Gasteiger partial charge in [-0.25, -0.2) is 0 Å². The molecular weight excluding hydrogens is 504 g/mol. The second-order valence-corrected chi connectivity index (χ2v) is 12.0. The summed E-state index contributed by atoms with van der Waals surface area (Å²) in [4.78, 5) is 70.0. The van der Waals surface area contributed by atoms with E-state index in [2.05, 4.69) is 5.32 Å². The van der Waals surface area contributed by atoms with Crippen LogP contribution in [0.5, 0.6) is 5.75 Å². The molecule has 212 valence electrons. The summed E-state index contributed by atoms with van der Waals surface area (Å²) in [6.45, 7) is 5.08. The smallest absolute Gasteiger partial charge is 0.235 e. The maximum Gasteiger partial charge on any atom is 0.235 e. The minimum absolute atomic E-state index is 0.00847. The second kappa shape index (κ2) is 10.1. The normalized spacial score (nSPS) is 30.3. The van der Waals surface area contributed by atoms with E-state index in [9.17, 15) is 34.2 Å². The number of hydrogen-bond donors (Lipinski definition) is 4. The van der Waals surface area contributed by atoms with Crippen molar-refractivity contribution in [2.24, 2.45) is 35.3 Å². The Morgan fingerprint density at radius 1 is 1.15 bits per heavy atom. The van der Waals surface area contributed by atoms with E-state index in [-0.39, 0.29) is 24.2 Å². The van der Waals surface area contributed by atoms with E-state index in [0.29, 0.717) is 30.1 Å². The molecule has 0 aromatic heterocycles. The third-order valence-corrected chi connectivity index (χ3v) is 8.47. The van der Waals surface area contributed by atoms with E-state index < -0.39 is 64.4 Å². The van der Waals surface area contributed by atoms with Crippen molar-refractivity contribution >= 4 is 34.7 Å². The molecule has 3 aliphatic carbocycles. The molecule has 1 aromatic rings. The van der Waals surface area contributed by atoms with Crippen LogP contribution in [-0.4, -0.2) is 90.5 Å². The molecular formula is C28H38N4O7. The quantitative estimate of drug-likeness (QED) is 0.335. The zero-order chi connectivity index (χ0) is 29.1. The number of carbonyl (C=O) groups excluding carboxylic acids is 5. The van der Waals surface area contributed by atoms with E-state index in [1.54, 1.807) is 14.1 Å². The SMILES string of the molecule is CC(C)CNCc1cc(N(C)C)c2c(c1O)C(=O)C1C(=O)[C@]3(O)C(=O)C(C(N)=O)C(=O)[C@H](N(C)C)[C@@H]3C[C@@H]1C2. The summed E-state index contributed by atoms with van der Waals surface area (Å²) in [6.07, 6.45) is 0.252. The van der Waals surface area contributed by atoms with E-state index in [1.807, 2.05) is 38.9 Å². The van der Waals surface area contributed by atoms with Gasteiger partial charge in [0, 0.05) is 37.8 Å². The number of aromatic hydroxyl groups is 1. The van der Waals surface area contributed by atoms with Crippen LogP contribution in [0.3, 0.4) is 0 Å². The number of phenols is 1. The lowest BCUT2D eigenvalue weighted by Crippen LogP contribution is -2.74. The lowest BCUT2D eigenvalue weighted by molar-refractivity contribution is -0.181. The van der Waals surface area contributed by atoms with Gasteiger partial charge in [-0.1, -0.05) is 13.8 Å². The number of hydrogen-bond acceptors (Lipinski definition) is 10. The number of carbonyl (C=O) groups is 5. The highest BCUT2D eigenvalue weighted by atomic mass is 16.3. The monoisotopic (exact) mass is 542 g/mol. The fourth-order valence-electron chi connectivity index (χ4n) is 6.74. The van der Waals surface area contributed by atoms with Crippen molar-refractivity contribution in [1.82, 2.24) is 10.2 Å². The Balaban J connectivity index is 1.84. The molecule has 11 nitrogen and oxygen atoms in total. The van der Waals surface area contributed by atoms with Crippen LogP contribution in [0.4, 0.5) is 5.69 Å². The third-order valence-electron chi connectivity index (χ3n) is 8.47. The first-order chi connectivity index (χ1) is 18.1. The van der Waals surface area contributed by atoms with Crippen LogP contribution < -0.4 is 16.0 Å². The van der Waals surface area contributed by atoms with Crippen molar-refractivity contribution in [3.05, 3.63) is 22.8 Å². The molecule has 2 unspecified atom stereocenters. The molecule has 39 heavy (non-hydrogen) atoms. The molecule has 2 saturated carbocycles. The first-order valence-electron chi connectivity index (χ1n) is 13.2. The van der Waals surface area contributed by atoms with Crippen molar-refractivity contribution in [3.8, 4) is 5.75 Å². The van der Waals surface area contributed by atoms with Gasteiger partial charge >= 0.3 is 0 Å². The molecule has 0 bridgehead atoms. The first kappa shape index (κ1) is 28.8. The lowest BCUT2D eigenvalue weighted by Gasteiger charge is -2.52. The van der Waals surface area contributed by atoms with Gasteiger partial charge in [-0.2, -0.15) is 0 Å². The summed E-state index contributed by atoms with van der Waals surface area (Å²) < 4.78 is 0. The van der Waals surface area contributed by atoms with Crippen molar-refractivity contribution in [1.29, 1.82) is 0 Å². The van der Waals surface area contributed by atoms with Crippen LogP contribution in [0.25, 0.3) is 0 Å². The highest BCUT2D eigenvalue weighted by molar-refractivity contribution is 6.32. The molecule has 1 aromatic carbocycles. The van der Waals surface area contributed by atoms with Gasteiger partial charge in [0.15, 0.2) is 34.7 Å². The maximum absolute atomic E-state index is 14.0. The van der Waals surface area contributed by atoms with Gasteiger partial charge in [-0.15, -0.1) is 0 Å². The Labute approximate surface area is 227 Å². The number of nitrogens with zero attached hydrogens (tertiary/aromatic N) is 2. The van der Waals surface area contributed by atoms with Crippen LogP contribution in [0.1, 0.15) is 41.8 Å². The molecule has 4 rings (SSSR count). The van der Waals surface area contributed by atoms with Gasteiger partial charge in [-0.3, -0.25) is 28.9 Å². The van der Waals surface area contributed by atoms with Gasteiger partial charge in [0.1, 0.15) is 5.75 Å². The highest BCUT2D eigenvalue weighted by Crippen LogP contribution is 2.52. The molecule has 3 aliphatic rings. The Kier molecular flexibility index (Phi) is 7.48. The second-order valence-electron chi connectivity index (χ2n) is 12.0. The lowest BCUT2D eigenvalue weighted by atomic mass is 9.52. The topological polar surface area (TPSA) is 170 Å². The van der Waals surface area contributed by atoms with Gasteiger partial charge < -0.3 is 26.2 Å². The van der Waals surface area contributed by atoms with Gasteiger partial charge in [-0.05, 0) is 56.9 Å². The van der Waals surface area contributed by atoms with Crippen LogP contribution in [0, 0.1) is 29.6 Å². The average molecular weight is 543 g/mol. The number of primary amides is 1. The van der Waals surface area contributed by atoms with Crippen LogP contribution in [-0.2, 0) is 32.1 Å². The number of benzene rings is 1. The Hall–Kier alpha value is -3.15. The minimum Gasteiger partial charge on any atom is -0.507 e. The molecule has 11 heteroatoms. The van der Waals surface area contributed by atoms with E-state index >= 15 is 0 Å². The number of rotatable bonds is 7. The predicted octanol–water partition coefficient (Wildman–Crippen LogP) is -0.321. The summed E-state index contributed by atoms with van der Waals surface area (Å²) in [5, 5.41) is 26.2. The molecule has 0 radical (unpaired) electrons. The van der Waals surface area contributed by atoms with Crippen LogP contribution in [0.2, 0.25) is 0 Å². The van der Waals surface area contributed by atoms with Crippen molar-refractivity contribution < 1.29 is 34.2 Å². The first-order valence-corrected chi connectivity index (χ1v) is 13.2. The third kappa shape index (κ3) is 4.36. The molecule has 5 N–H and O–H groups in total. The number of amides is 1. The molecule has 0 saturated heterocycles. The largest absolute Gasteiger partial charge is 0.507 e. The maximum atomic E-state index is 14.0. The zero-order valence-electron chi connectivity index (χ0n) is 23.3. The fourth-order valence-corrected chi connectivity index (χ4v) is 6.74. The summed E-state index contributed by atoms with van der Waals surface area (Å²) in [5.41, 5.74) is 4.44. The van der Waals surface area contributed by atoms with Crippen LogP contribution >= 0.6 is 0 Å². The molecule has 1 amide bonds. The zero-order valence-corrected chi connectivity index (χ0v) is 23.3. The summed E-state index contributed by atoms with van der Waals surface area (Å²) in [7, 11) is 6.77. The summed E-state index contributed by atoms with van der Waals surface area (Å²) >= 11 is 0. The van der Waals surface area contributed by atoms with Gasteiger partial charge in [0.2, 0.25) is 5.91 Å². The number of nitrogens with two attached hydrogens (primary N) is 1. The van der Waals surface area contributed by atoms with Crippen molar-refractivity contribution in [2.75, 3.05) is 39.6 Å². The molecule has 0 heterocycles. The molecule has 0 spiro atoms. The highest BCUT2D eigenvalue weighted by Gasteiger charge is 2.69. The van der Waals surface area contributed by atoms with Gasteiger partial charge in [0.05, 0.1) is 17.5 Å². The van der Waals surface area contributed by atoms with Crippen molar-refractivity contribution in [2.45, 2.75) is 44.9 Å². The number of phenolic OH excluding ortho intramolecular Hbond substituents is 1. The molecule has 6 atom stereocenters. The van der Waals surface area contributed by atoms with E-state index in [0.717, 1.165) is 5.69 Å². The van der Waals surface area contributed by atoms with Gasteiger partial charge in [0.25, 0.3) is 0 Å².